The van der Waals surface area contributed by atoms with E-state index in [0.29, 0.717) is 11.3 Å². The number of Topliss-reactive ketones (excluding diaryl/α,β-unsaturated/α-hetero) is 1. The molecule has 3 atom stereocenters. The number of ketones is 1. The van der Waals surface area contributed by atoms with E-state index in [0.717, 1.165) is 0 Å². The molecule has 2 aliphatic rings. The van der Waals surface area contributed by atoms with Gasteiger partial charge in [-0.2, -0.15) is 0 Å². The molecule has 0 bridgehead atoms. The lowest BCUT2D eigenvalue weighted by Gasteiger charge is -2.50. The van der Waals surface area contributed by atoms with E-state index in [9.17, 15) is 19.2 Å². The zero-order valence-corrected chi connectivity index (χ0v) is 19.5. The molecule has 2 aromatic rings. The minimum atomic E-state index is -1.67. The SMILES string of the molecule is CC1(C)S[C@H]2N(C(=O)[C@]2(N)NC(=O)COc2ccccc2)[C@H]1C(=O)OCC(=O)c1ccccc1. The lowest BCUT2D eigenvalue weighted by Crippen LogP contribution is -2.84. The van der Waals surface area contributed by atoms with Crippen LogP contribution in [0.15, 0.2) is 60.7 Å². The van der Waals surface area contributed by atoms with Crippen molar-refractivity contribution < 1.29 is 28.7 Å². The summed E-state index contributed by atoms with van der Waals surface area (Å²) in [5.74, 6) is -1.69. The van der Waals surface area contributed by atoms with Gasteiger partial charge in [-0.3, -0.25) is 20.1 Å². The molecule has 0 unspecified atom stereocenters. The molecule has 2 aliphatic heterocycles. The van der Waals surface area contributed by atoms with Crippen LogP contribution in [-0.4, -0.2) is 63.5 Å². The molecule has 2 amide bonds. The number of hydrogen-bond donors (Lipinski definition) is 2. The molecule has 10 heteroatoms. The summed E-state index contributed by atoms with van der Waals surface area (Å²) in [7, 11) is 0. The molecular formula is C24H25N3O6S. The zero-order chi connectivity index (χ0) is 24.5. The van der Waals surface area contributed by atoms with Crippen molar-refractivity contribution in [3.63, 3.8) is 0 Å². The van der Waals surface area contributed by atoms with Crippen LogP contribution >= 0.6 is 11.8 Å². The van der Waals surface area contributed by atoms with Gasteiger partial charge in [0.15, 0.2) is 24.7 Å². The van der Waals surface area contributed by atoms with Crippen LogP contribution < -0.4 is 15.8 Å². The number of hydrogen-bond acceptors (Lipinski definition) is 8. The number of nitrogens with one attached hydrogen (secondary N) is 1. The minimum absolute atomic E-state index is 0.315. The van der Waals surface area contributed by atoms with Crippen molar-refractivity contribution in [3.05, 3.63) is 66.2 Å². The first-order chi connectivity index (χ1) is 16.1. The van der Waals surface area contributed by atoms with E-state index in [4.69, 9.17) is 15.2 Å². The third-order valence-corrected chi connectivity index (χ3v) is 7.36. The molecule has 0 saturated carbocycles. The van der Waals surface area contributed by atoms with Crippen molar-refractivity contribution in [3.8, 4) is 5.75 Å². The second-order valence-electron chi connectivity index (χ2n) is 8.60. The summed E-state index contributed by atoms with van der Waals surface area (Å²) in [5.41, 5.74) is 5.03. The van der Waals surface area contributed by atoms with Crippen molar-refractivity contribution >= 4 is 35.3 Å². The number of benzene rings is 2. The lowest BCUT2D eigenvalue weighted by molar-refractivity contribution is -0.170. The van der Waals surface area contributed by atoms with Crippen molar-refractivity contribution in [1.29, 1.82) is 0 Å². The standard InChI is InChI=1S/C24H25N3O6S/c1-23(2)19(20(30)33-13-17(28)15-9-5-3-6-10-15)27-21(31)24(25,22(27)34-23)26-18(29)14-32-16-11-7-4-8-12-16/h3-12,19,22H,13-14,25H2,1-2H3,(H,26,29)/t19-,22+,24-/m0/s1. The normalized spacial score (nSPS) is 24.6. The number of nitrogens with zero attached hydrogens (tertiary/aromatic N) is 1. The van der Waals surface area contributed by atoms with Gasteiger partial charge in [-0.05, 0) is 26.0 Å². The molecule has 4 rings (SSSR count). The van der Waals surface area contributed by atoms with Crippen LogP contribution in [0.25, 0.3) is 0 Å². The molecule has 2 fully saturated rings. The van der Waals surface area contributed by atoms with Gasteiger partial charge in [0.25, 0.3) is 11.8 Å². The van der Waals surface area contributed by atoms with E-state index in [1.807, 2.05) is 6.07 Å². The van der Waals surface area contributed by atoms with Gasteiger partial charge in [-0.15, -0.1) is 11.8 Å². The summed E-state index contributed by atoms with van der Waals surface area (Å²) in [4.78, 5) is 51.9. The van der Waals surface area contributed by atoms with Gasteiger partial charge >= 0.3 is 5.97 Å². The quantitative estimate of drug-likeness (QED) is 0.249. The highest BCUT2D eigenvalue weighted by Crippen LogP contribution is 2.53. The van der Waals surface area contributed by atoms with Crippen LogP contribution in [0.2, 0.25) is 0 Å². The maximum atomic E-state index is 13.0. The first-order valence-corrected chi connectivity index (χ1v) is 11.5. The average Bonchev–Trinajstić information content (AvgIpc) is 3.11. The molecule has 0 aliphatic carbocycles. The highest BCUT2D eigenvalue weighted by molar-refractivity contribution is 8.01. The summed E-state index contributed by atoms with van der Waals surface area (Å²) in [6, 6.07) is 16.3. The number of rotatable bonds is 8. The molecule has 178 valence electrons. The lowest BCUT2D eigenvalue weighted by atomic mass is 9.92. The molecule has 34 heavy (non-hydrogen) atoms. The minimum Gasteiger partial charge on any atom is -0.484 e. The van der Waals surface area contributed by atoms with Gasteiger partial charge in [0.05, 0.1) is 0 Å². The fourth-order valence-corrected chi connectivity index (χ4v) is 5.63. The van der Waals surface area contributed by atoms with Crippen LogP contribution in [0.5, 0.6) is 5.75 Å². The monoisotopic (exact) mass is 483 g/mol. The first kappa shape index (κ1) is 23.8. The van der Waals surface area contributed by atoms with Gasteiger partial charge in [-0.25, -0.2) is 4.79 Å². The molecule has 0 spiro atoms. The number of carbonyl (C=O) groups is 4. The topological polar surface area (TPSA) is 128 Å². The second kappa shape index (κ2) is 9.11. The predicted molar refractivity (Wildman–Crippen MR) is 125 cm³/mol. The highest BCUT2D eigenvalue weighted by Gasteiger charge is 2.71. The van der Waals surface area contributed by atoms with E-state index in [1.165, 1.54) is 16.7 Å². The Kier molecular flexibility index (Phi) is 6.37. The third kappa shape index (κ3) is 4.38. The summed E-state index contributed by atoms with van der Waals surface area (Å²) < 4.78 is 9.94. The molecule has 2 saturated heterocycles. The Morgan fingerprint density at radius 3 is 2.29 bits per heavy atom. The Bertz CT molecular complexity index is 1110. The number of amides is 2. The summed E-state index contributed by atoms with van der Waals surface area (Å²) in [5, 5.41) is 1.88. The van der Waals surface area contributed by atoms with Gasteiger partial charge in [0, 0.05) is 10.3 Å². The number of fused-ring (bicyclic) bond motifs is 1. The Morgan fingerprint density at radius 2 is 1.65 bits per heavy atom. The highest BCUT2D eigenvalue weighted by atomic mass is 32.2. The Labute approximate surface area is 201 Å². The predicted octanol–water partition coefficient (Wildman–Crippen LogP) is 1.33. The molecular weight excluding hydrogens is 458 g/mol. The Hall–Kier alpha value is -3.37. The second-order valence-corrected chi connectivity index (χ2v) is 10.3. The molecule has 0 aromatic heterocycles. The molecule has 9 nitrogen and oxygen atoms in total. The van der Waals surface area contributed by atoms with Gasteiger partial charge in [-0.1, -0.05) is 48.5 Å². The van der Waals surface area contributed by atoms with Crippen LogP contribution in [0.1, 0.15) is 24.2 Å². The number of nitrogens with two attached hydrogens (primary N) is 1. The van der Waals surface area contributed by atoms with Crippen molar-refractivity contribution in [2.45, 2.75) is 35.7 Å². The smallest absolute Gasteiger partial charge is 0.330 e. The van der Waals surface area contributed by atoms with Crippen LogP contribution in [0.3, 0.4) is 0 Å². The van der Waals surface area contributed by atoms with E-state index >= 15 is 0 Å². The number of para-hydroxylation sites is 1. The van der Waals surface area contributed by atoms with Crippen molar-refractivity contribution in [1.82, 2.24) is 10.2 Å². The van der Waals surface area contributed by atoms with E-state index in [2.05, 4.69) is 5.32 Å². The van der Waals surface area contributed by atoms with E-state index < -0.39 is 46.2 Å². The van der Waals surface area contributed by atoms with Crippen molar-refractivity contribution in [2.24, 2.45) is 5.73 Å². The zero-order valence-electron chi connectivity index (χ0n) is 18.7. The fraction of sp³-hybridized carbons (Fsp3) is 0.333. The average molecular weight is 484 g/mol. The summed E-state index contributed by atoms with van der Waals surface area (Å²) in [6.45, 7) is 2.82. The molecule has 3 N–H and O–H groups in total. The number of esters is 1. The maximum absolute atomic E-state index is 13.0. The molecule has 2 heterocycles. The molecule has 0 radical (unpaired) electrons. The first-order valence-electron chi connectivity index (χ1n) is 10.7. The van der Waals surface area contributed by atoms with Crippen LogP contribution in [0, 0.1) is 0 Å². The van der Waals surface area contributed by atoms with Gasteiger partial charge in [0.1, 0.15) is 17.2 Å². The maximum Gasteiger partial charge on any atom is 0.330 e. The van der Waals surface area contributed by atoms with Gasteiger partial charge < -0.3 is 19.7 Å². The summed E-state index contributed by atoms with van der Waals surface area (Å²) >= 11 is 1.29. The van der Waals surface area contributed by atoms with Gasteiger partial charge in [0.2, 0.25) is 0 Å². The van der Waals surface area contributed by atoms with Crippen molar-refractivity contribution in [2.75, 3.05) is 13.2 Å². The van der Waals surface area contributed by atoms with E-state index in [1.54, 1.807) is 68.4 Å². The number of β-lactam (4-membered cyclic amide) rings is 1. The van der Waals surface area contributed by atoms with Crippen LogP contribution in [-0.2, 0) is 19.1 Å². The third-order valence-electron chi connectivity index (χ3n) is 5.71. The van der Waals surface area contributed by atoms with E-state index in [-0.39, 0.29) is 12.4 Å². The largest absolute Gasteiger partial charge is 0.484 e. The fourth-order valence-electron chi connectivity index (χ4n) is 4.04. The molecule has 2 aromatic carbocycles. The number of ether oxygens (including phenoxy) is 2. The number of carbonyl (C=O) groups excluding carboxylic acids is 4. The summed E-state index contributed by atoms with van der Waals surface area (Å²) in [6.07, 6.45) is 0. The number of thioether (sulfide) groups is 1. The Balaban J connectivity index is 1.38. The Morgan fingerprint density at radius 1 is 1.03 bits per heavy atom. The van der Waals surface area contributed by atoms with Crippen LogP contribution in [0.4, 0.5) is 0 Å².